The lowest BCUT2D eigenvalue weighted by molar-refractivity contribution is 0.414. The number of rotatable bonds is 5. The molecule has 33 heavy (non-hydrogen) atoms. The Balaban J connectivity index is 1.98. The Kier molecular flexibility index (Phi) is 6.56. The van der Waals surface area contributed by atoms with Crippen molar-refractivity contribution < 1.29 is 9.47 Å². The van der Waals surface area contributed by atoms with E-state index in [2.05, 4.69) is 0 Å². The predicted octanol–water partition coefficient (Wildman–Crippen LogP) is 3.24. The molecule has 0 aliphatic rings. The molecule has 0 saturated carbocycles. The monoisotopic (exact) mass is 457 g/mol. The van der Waals surface area contributed by atoms with Crippen LogP contribution in [0.2, 0.25) is 0 Å². The summed E-state index contributed by atoms with van der Waals surface area (Å²) in [5.41, 5.74) is 2.57. The minimum absolute atomic E-state index is 0.350. The Labute approximate surface area is 195 Å². The van der Waals surface area contributed by atoms with Gasteiger partial charge in [0.25, 0.3) is 11.1 Å². The number of hydrogen-bond donors (Lipinski definition) is 0. The zero-order valence-corrected chi connectivity index (χ0v) is 19.4. The zero-order chi connectivity index (χ0) is 23.4. The van der Waals surface area contributed by atoms with Gasteiger partial charge in [0.1, 0.15) is 11.5 Å². The molecule has 6 heteroatoms. The highest BCUT2D eigenvalue weighted by Gasteiger charge is 2.09. The van der Waals surface area contributed by atoms with Crippen molar-refractivity contribution in [3.8, 4) is 17.2 Å². The topological polar surface area (TPSA) is 57.5 Å². The molecular formula is C27H23NO4S. The highest BCUT2D eigenvalue weighted by molar-refractivity contribution is 7.07. The summed E-state index contributed by atoms with van der Waals surface area (Å²) >= 11 is 1.18. The number of aryl methyl sites for hydroxylation is 1. The predicted molar refractivity (Wildman–Crippen MR) is 133 cm³/mol. The van der Waals surface area contributed by atoms with E-state index in [-0.39, 0.29) is 11.1 Å². The lowest BCUT2D eigenvalue weighted by atomic mass is 10.2. The van der Waals surface area contributed by atoms with Crippen LogP contribution in [0.5, 0.6) is 11.5 Å². The van der Waals surface area contributed by atoms with Crippen LogP contribution < -0.4 is 29.7 Å². The van der Waals surface area contributed by atoms with Crippen LogP contribution in [0, 0.1) is 6.92 Å². The average Bonchev–Trinajstić information content (AvgIpc) is 2.84. The second-order valence-electron chi connectivity index (χ2n) is 7.45. The van der Waals surface area contributed by atoms with E-state index in [0.717, 1.165) is 28.2 Å². The first-order valence-corrected chi connectivity index (χ1v) is 11.1. The molecule has 0 N–H and O–H groups in total. The SMILES string of the molecule is COc1ccc(C=c2sc(=Cc3ccc(OC)cc3)c(=O)n(-c3ccc(C)cc3)c2=O)cc1. The summed E-state index contributed by atoms with van der Waals surface area (Å²) in [6.45, 7) is 1.96. The summed E-state index contributed by atoms with van der Waals surface area (Å²) in [6.07, 6.45) is 3.59. The Hall–Kier alpha value is -3.90. The molecule has 0 aliphatic heterocycles. The molecule has 0 saturated heterocycles. The van der Waals surface area contributed by atoms with Gasteiger partial charge >= 0.3 is 0 Å². The maximum absolute atomic E-state index is 13.4. The van der Waals surface area contributed by atoms with Gasteiger partial charge in [0.15, 0.2) is 0 Å². The van der Waals surface area contributed by atoms with Gasteiger partial charge in [0, 0.05) is 0 Å². The molecule has 0 radical (unpaired) electrons. The number of methoxy groups -OCH3 is 2. The van der Waals surface area contributed by atoms with Crippen molar-refractivity contribution in [1.82, 2.24) is 4.57 Å². The Morgan fingerprint density at radius 3 is 1.48 bits per heavy atom. The zero-order valence-electron chi connectivity index (χ0n) is 18.6. The van der Waals surface area contributed by atoms with Gasteiger partial charge in [-0.15, -0.1) is 11.3 Å². The van der Waals surface area contributed by atoms with Crippen LogP contribution >= 0.6 is 11.3 Å². The fourth-order valence-electron chi connectivity index (χ4n) is 3.33. The number of ether oxygens (including phenoxy) is 2. The summed E-state index contributed by atoms with van der Waals surface area (Å²) in [5.74, 6) is 1.47. The van der Waals surface area contributed by atoms with E-state index in [1.54, 1.807) is 38.5 Å². The minimum Gasteiger partial charge on any atom is -0.497 e. The van der Waals surface area contributed by atoms with Crippen molar-refractivity contribution >= 4 is 23.5 Å². The van der Waals surface area contributed by atoms with Gasteiger partial charge in [-0.2, -0.15) is 0 Å². The quantitative estimate of drug-likeness (QED) is 0.462. The lowest BCUT2D eigenvalue weighted by Crippen LogP contribution is -2.47. The molecule has 0 aliphatic carbocycles. The molecule has 166 valence electrons. The van der Waals surface area contributed by atoms with Crippen LogP contribution in [0.1, 0.15) is 16.7 Å². The van der Waals surface area contributed by atoms with Crippen molar-refractivity contribution in [1.29, 1.82) is 0 Å². The summed E-state index contributed by atoms with van der Waals surface area (Å²) < 4.78 is 12.6. The fourth-order valence-corrected chi connectivity index (χ4v) is 4.32. The molecule has 0 bridgehead atoms. The fraction of sp³-hybridized carbons (Fsp3) is 0.111. The van der Waals surface area contributed by atoms with Gasteiger partial charge < -0.3 is 9.47 Å². The third kappa shape index (κ3) is 4.96. The second kappa shape index (κ2) is 9.71. The molecule has 0 amide bonds. The Morgan fingerprint density at radius 1 is 0.667 bits per heavy atom. The van der Waals surface area contributed by atoms with Gasteiger partial charge in [0.05, 0.1) is 29.0 Å². The van der Waals surface area contributed by atoms with Gasteiger partial charge in [-0.05, 0) is 66.6 Å². The lowest BCUT2D eigenvalue weighted by Gasteiger charge is -2.06. The summed E-state index contributed by atoms with van der Waals surface area (Å²) in [6, 6.07) is 22.2. The van der Waals surface area contributed by atoms with E-state index in [0.29, 0.717) is 14.8 Å². The Morgan fingerprint density at radius 2 is 1.09 bits per heavy atom. The van der Waals surface area contributed by atoms with E-state index in [1.807, 2.05) is 67.6 Å². The van der Waals surface area contributed by atoms with Crippen LogP contribution in [-0.2, 0) is 0 Å². The van der Waals surface area contributed by atoms with E-state index >= 15 is 0 Å². The molecule has 3 aromatic carbocycles. The molecule has 0 unspecified atom stereocenters. The van der Waals surface area contributed by atoms with Crippen LogP contribution in [0.25, 0.3) is 17.8 Å². The van der Waals surface area contributed by atoms with Gasteiger partial charge in [-0.3, -0.25) is 9.59 Å². The number of aromatic nitrogens is 1. The highest BCUT2D eigenvalue weighted by Crippen LogP contribution is 2.12. The number of nitrogens with zero attached hydrogens (tertiary/aromatic N) is 1. The third-order valence-corrected chi connectivity index (χ3v) is 6.19. The third-order valence-electron chi connectivity index (χ3n) is 5.17. The van der Waals surface area contributed by atoms with E-state index in [4.69, 9.17) is 9.47 Å². The minimum atomic E-state index is -0.350. The van der Waals surface area contributed by atoms with E-state index < -0.39 is 0 Å². The van der Waals surface area contributed by atoms with Crippen LogP contribution in [0.4, 0.5) is 0 Å². The first-order chi connectivity index (χ1) is 16.0. The normalized spacial score (nSPS) is 12.1. The summed E-state index contributed by atoms with van der Waals surface area (Å²) in [5, 5.41) is 0. The standard InChI is InChI=1S/C27H23NO4S/c1-18-4-10-21(11-5-18)28-26(29)24(16-19-6-12-22(31-2)13-7-19)33-25(27(28)30)17-20-8-14-23(32-3)15-9-20/h4-17H,1-3H3. The van der Waals surface area contributed by atoms with Crippen molar-refractivity contribution in [3.05, 3.63) is 119 Å². The van der Waals surface area contributed by atoms with E-state index in [1.165, 1.54) is 15.9 Å². The number of benzene rings is 3. The first-order valence-electron chi connectivity index (χ1n) is 10.3. The van der Waals surface area contributed by atoms with E-state index in [9.17, 15) is 9.59 Å². The molecule has 5 nitrogen and oxygen atoms in total. The van der Waals surface area contributed by atoms with Gasteiger partial charge in [-0.1, -0.05) is 42.0 Å². The highest BCUT2D eigenvalue weighted by atomic mass is 32.1. The van der Waals surface area contributed by atoms with Gasteiger partial charge in [0.2, 0.25) is 0 Å². The van der Waals surface area contributed by atoms with Crippen LogP contribution in [0.15, 0.2) is 82.4 Å². The molecule has 0 spiro atoms. The molecule has 1 aromatic heterocycles. The number of hydrogen-bond acceptors (Lipinski definition) is 5. The van der Waals surface area contributed by atoms with Gasteiger partial charge in [-0.25, -0.2) is 4.57 Å². The van der Waals surface area contributed by atoms with Crippen molar-refractivity contribution in [2.45, 2.75) is 6.92 Å². The summed E-state index contributed by atoms with van der Waals surface area (Å²) in [4.78, 5) is 26.8. The molecule has 0 fully saturated rings. The van der Waals surface area contributed by atoms with Crippen LogP contribution in [0.3, 0.4) is 0 Å². The molecule has 4 aromatic rings. The Bertz CT molecular complexity index is 1410. The van der Waals surface area contributed by atoms with Crippen molar-refractivity contribution in [2.24, 2.45) is 0 Å². The second-order valence-corrected chi connectivity index (χ2v) is 8.53. The molecule has 4 rings (SSSR count). The molecular weight excluding hydrogens is 434 g/mol. The maximum Gasteiger partial charge on any atom is 0.275 e. The van der Waals surface area contributed by atoms with Crippen molar-refractivity contribution in [2.75, 3.05) is 14.2 Å². The van der Waals surface area contributed by atoms with Crippen LogP contribution in [-0.4, -0.2) is 18.8 Å². The van der Waals surface area contributed by atoms with Crippen molar-refractivity contribution in [3.63, 3.8) is 0 Å². The molecule has 0 atom stereocenters. The largest absolute Gasteiger partial charge is 0.497 e. The smallest absolute Gasteiger partial charge is 0.275 e. The summed E-state index contributed by atoms with van der Waals surface area (Å²) in [7, 11) is 3.21. The first kappa shape index (κ1) is 22.3. The average molecular weight is 458 g/mol. The molecule has 1 heterocycles. The maximum atomic E-state index is 13.4.